The number of carbonyl (C=O) groups is 1. The molecule has 0 bridgehead atoms. The lowest BCUT2D eigenvalue weighted by molar-refractivity contribution is -0.120. The van der Waals surface area contributed by atoms with E-state index in [0.717, 1.165) is 22.8 Å². The summed E-state index contributed by atoms with van der Waals surface area (Å²) in [7, 11) is 0. The smallest absolute Gasteiger partial charge is 0.254 e. The van der Waals surface area contributed by atoms with Crippen LogP contribution >= 0.6 is 12.4 Å². The predicted octanol–water partition coefficient (Wildman–Crippen LogP) is 3.93. The first-order chi connectivity index (χ1) is 12.7. The number of nitrogens with one attached hydrogen (secondary N) is 2. The van der Waals surface area contributed by atoms with Gasteiger partial charge in [-0.1, -0.05) is 72.8 Å². The Bertz CT molecular complexity index is 891. The lowest BCUT2D eigenvalue weighted by Gasteiger charge is -2.13. The maximum absolute atomic E-state index is 12.0. The van der Waals surface area contributed by atoms with Crippen molar-refractivity contribution in [1.82, 2.24) is 10.7 Å². The van der Waals surface area contributed by atoms with Crippen LogP contribution in [0.2, 0.25) is 0 Å². The minimum atomic E-state index is -0.151. The van der Waals surface area contributed by atoms with Gasteiger partial charge < -0.3 is 5.32 Å². The first kappa shape index (κ1) is 20.6. The van der Waals surface area contributed by atoms with Gasteiger partial charge in [0.2, 0.25) is 0 Å². The number of hydrazone groups is 1. The number of fused-ring (bicyclic) bond motifs is 1. The minimum Gasteiger partial charge on any atom is -0.306 e. The Hall–Kier alpha value is -2.69. The molecule has 3 rings (SSSR count). The lowest BCUT2D eigenvalue weighted by Crippen LogP contribution is -2.37. The highest BCUT2D eigenvalue weighted by Gasteiger charge is 2.06. The minimum absolute atomic E-state index is 0. The quantitative estimate of drug-likeness (QED) is 0.481. The molecule has 0 aliphatic rings. The maximum atomic E-state index is 12.0. The zero-order chi connectivity index (χ0) is 18.2. The molecular formula is C22H24ClN3O. The zero-order valence-corrected chi connectivity index (χ0v) is 16.1. The van der Waals surface area contributed by atoms with E-state index in [1.54, 1.807) is 6.21 Å². The van der Waals surface area contributed by atoms with E-state index in [9.17, 15) is 4.79 Å². The number of rotatable bonds is 7. The molecule has 0 radical (unpaired) electrons. The van der Waals surface area contributed by atoms with Crippen molar-refractivity contribution in [3.05, 3.63) is 83.9 Å². The van der Waals surface area contributed by atoms with Crippen LogP contribution in [0.1, 0.15) is 18.1 Å². The largest absolute Gasteiger partial charge is 0.306 e. The number of benzene rings is 3. The van der Waals surface area contributed by atoms with E-state index in [0.29, 0.717) is 0 Å². The van der Waals surface area contributed by atoms with Gasteiger partial charge in [0, 0.05) is 11.6 Å². The van der Waals surface area contributed by atoms with E-state index in [-0.39, 0.29) is 30.9 Å². The van der Waals surface area contributed by atoms with Gasteiger partial charge in [-0.05, 0) is 29.7 Å². The molecule has 2 N–H and O–H groups in total. The second-order valence-electron chi connectivity index (χ2n) is 6.33. The molecule has 5 heteroatoms. The molecular weight excluding hydrogens is 358 g/mol. The molecule has 27 heavy (non-hydrogen) atoms. The SMILES string of the molecule is CC(Cc1ccccc1)NCC(=O)N/N=C/c1cccc2ccccc12.Cl. The van der Waals surface area contributed by atoms with Gasteiger partial charge >= 0.3 is 0 Å². The fourth-order valence-corrected chi connectivity index (χ4v) is 2.88. The van der Waals surface area contributed by atoms with Gasteiger partial charge in [0.1, 0.15) is 0 Å². The Morgan fingerprint density at radius 3 is 2.52 bits per heavy atom. The number of nitrogens with zero attached hydrogens (tertiary/aromatic N) is 1. The van der Waals surface area contributed by atoms with Gasteiger partial charge in [-0.3, -0.25) is 4.79 Å². The summed E-state index contributed by atoms with van der Waals surface area (Å²) < 4.78 is 0. The molecule has 1 amide bonds. The van der Waals surface area contributed by atoms with Crippen LogP contribution in [0.4, 0.5) is 0 Å². The monoisotopic (exact) mass is 381 g/mol. The Labute approximate surface area is 166 Å². The van der Waals surface area contributed by atoms with Crippen LogP contribution in [0.5, 0.6) is 0 Å². The van der Waals surface area contributed by atoms with Crippen molar-refractivity contribution < 1.29 is 4.79 Å². The molecule has 4 nitrogen and oxygen atoms in total. The third-order valence-corrected chi connectivity index (χ3v) is 4.21. The number of hydrogen-bond acceptors (Lipinski definition) is 3. The van der Waals surface area contributed by atoms with E-state index in [1.165, 1.54) is 5.56 Å². The highest BCUT2D eigenvalue weighted by molar-refractivity contribution is 5.99. The van der Waals surface area contributed by atoms with E-state index in [1.807, 2.05) is 48.5 Å². The summed E-state index contributed by atoms with van der Waals surface area (Å²) in [5.74, 6) is -0.151. The lowest BCUT2D eigenvalue weighted by atomic mass is 10.1. The standard InChI is InChI=1S/C22H23N3O.ClH/c1-17(14-18-8-3-2-4-9-18)23-16-22(26)25-24-15-20-12-7-11-19-10-5-6-13-21(19)20;/h2-13,15,17,23H,14,16H2,1H3,(H,25,26);1H/b24-15+;. The first-order valence-electron chi connectivity index (χ1n) is 8.79. The Morgan fingerprint density at radius 2 is 1.70 bits per heavy atom. The average Bonchev–Trinajstić information content (AvgIpc) is 2.67. The number of hydrogen-bond donors (Lipinski definition) is 2. The van der Waals surface area contributed by atoms with E-state index >= 15 is 0 Å². The van der Waals surface area contributed by atoms with Gasteiger partial charge in [-0.2, -0.15) is 5.10 Å². The highest BCUT2D eigenvalue weighted by Crippen LogP contribution is 2.16. The Kier molecular flexibility index (Phi) is 7.99. The fraction of sp³-hybridized carbons (Fsp3) is 0.182. The van der Waals surface area contributed by atoms with Crippen LogP contribution in [0.25, 0.3) is 10.8 Å². The molecule has 3 aromatic rings. The van der Waals surface area contributed by atoms with Crippen molar-refractivity contribution >= 4 is 35.3 Å². The van der Waals surface area contributed by atoms with E-state index < -0.39 is 0 Å². The Morgan fingerprint density at radius 1 is 1.00 bits per heavy atom. The first-order valence-corrected chi connectivity index (χ1v) is 8.79. The maximum Gasteiger partial charge on any atom is 0.254 e. The van der Waals surface area contributed by atoms with Crippen molar-refractivity contribution in [3.8, 4) is 0 Å². The summed E-state index contributed by atoms with van der Waals surface area (Å²) in [5, 5.41) is 9.58. The van der Waals surface area contributed by atoms with Crippen molar-refractivity contribution in [2.45, 2.75) is 19.4 Å². The molecule has 140 valence electrons. The van der Waals surface area contributed by atoms with Crippen LogP contribution in [-0.2, 0) is 11.2 Å². The molecule has 1 unspecified atom stereocenters. The second-order valence-corrected chi connectivity index (χ2v) is 6.33. The molecule has 0 fully saturated rings. The van der Waals surface area contributed by atoms with Crippen LogP contribution < -0.4 is 10.7 Å². The molecule has 0 saturated carbocycles. The predicted molar refractivity (Wildman–Crippen MR) is 115 cm³/mol. The summed E-state index contributed by atoms with van der Waals surface area (Å²) in [6.07, 6.45) is 2.57. The average molecular weight is 382 g/mol. The molecule has 0 saturated heterocycles. The number of carbonyl (C=O) groups excluding carboxylic acids is 1. The number of halogens is 1. The summed E-state index contributed by atoms with van der Waals surface area (Å²) in [6.45, 7) is 2.31. The molecule has 1 atom stereocenters. The molecule has 0 heterocycles. The summed E-state index contributed by atoms with van der Waals surface area (Å²) in [4.78, 5) is 12.0. The van der Waals surface area contributed by atoms with Gasteiger partial charge in [-0.25, -0.2) is 5.43 Å². The van der Waals surface area contributed by atoms with Crippen LogP contribution in [-0.4, -0.2) is 24.7 Å². The topological polar surface area (TPSA) is 53.5 Å². The molecule has 3 aromatic carbocycles. The van der Waals surface area contributed by atoms with Gasteiger partial charge in [0.05, 0.1) is 12.8 Å². The van der Waals surface area contributed by atoms with Crippen LogP contribution in [0.15, 0.2) is 77.9 Å². The van der Waals surface area contributed by atoms with Crippen molar-refractivity contribution in [2.75, 3.05) is 6.54 Å². The third-order valence-electron chi connectivity index (χ3n) is 4.21. The van der Waals surface area contributed by atoms with Gasteiger partial charge in [-0.15, -0.1) is 12.4 Å². The normalized spacial score (nSPS) is 11.9. The zero-order valence-electron chi connectivity index (χ0n) is 15.3. The van der Waals surface area contributed by atoms with E-state index in [2.05, 4.69) is 47.0 Å². The van der Waals surface area contributed by atoms with Gasteiger partial charge in [0.25, 0.3) is 5.91 Å². The molecule has 0 spiro atoms. The summed E-state index contributed by atoms with van der Waals surface area (Å²) >= 11 is 0. The van der Waals surface area contributed by atoms with Crippen molar-refractivity contribution in [2.24, 2.45) is 5.10 Å². The highest BCUT2D eigenvalue weighted by atomic mass is 35.5. The van der Waals surface area contributed by atoms with E-state index in [4.69, 9.17) is 0 Å². The number of amides is 1. The van der Waals surface area contributed by atoms with Crippen molar-refractivity contribution in [1.29, 1.82) is 0 Å². The molecule has 0 aromatic heterocycles. The third kappa shape index (κ3) is 6.20. The second kappa shape index (κ2) is 10.5. The molecule has 0 aliphatic heterocycles. The summed E-state index contributed by atoms with van der Waals surface area (Å²) in [5.41, 5.74) is 4.82. The van der Waals surface area contributed by atoms with Gasteiger partial charge in [0.15, 0.2) is 0 Å². The fourth-order valence-electron chi connectivity index (χ4n) is 2.88. The summed E-state index contributed by atoms with van der Waals surface area (Å²) in [6, 6.07) is 24.6. The Balaban J connectivity index is 0.00000261. The van der Waals surface area contributed by atoms with Crippen LogP contribution in [0, 0.1) is 0 Å². The van der Waals surface area contributed by atoms with Crippen LogP contribution in [0.3, 0.4) is 0 Å². The van der Waals surface area contributed by atoms with Crippen molar-refractivity contribution in [3.63, 3.8) is 0 Å². The molecule has 0 aliphatic carbocycles.